The number of hydrogen-bond donors (Lipinski definition) is 3. The minimum atomic E-state index is -0.544. The van der Waals surface area contributed by atoms with Crippen molar-refractivity contribution in [1.82, 2.24) is 15.3 Å². The third-order valence-corrected chi connectivity index (χ3v) is 4.95. The lowest BCUT2D eigenvalue weighted by molar-refractivity contribution is -0.130. The molecule has 3 rings (SSSR count). The first kappa shape index (κ1) is 18.4. The van der Waals surface area contributed by atoms with E-state index in [1.165, 1.54) is 6.42 Å². The predicted molar refractivity (Wildman–Crippen MR) is 103 cm³/mol. The number of aromatic nitrogens is 2. The molecular weight excluding hydrogens is 328 g/mol. The van der Waals surface area contributed by atoms with E-state index in [2.05, 4.69) is 20.6 Å². The molecular formula is C20H28N4O2. The van der Waals surface area contributed by atoms with Crippen LogP contribution in [0, 0.1) is 11.8 Å². The molecule has 1 atom stereocenters. The number of aromatic amines is 1. The highest BCUT2D eigenvalue weighted by molar-refractivity contribution is 5.97. The van der Waals surface area contributed by atoms with Crippen LogP contribution in [-0.2, 0) is 9.59 Å². The van der Waals surface area contributed by atoms with Gasteiger partial charge in [-0.05, 0) is 37.3 Å². The van der Waals surface area contributed by atoms with Crippen LogP contribution in [0.3, 0.4) is 0 Å². The number of rotatable bonds is 6. The third kappa shape index (κ3) is 4.62. The maximum absolute atomic E-state index is 12.8. The van der Waals surface area contributed by atoms with Crippen LogP contribution < -0.4 is 10.6 Å². The summed E-state index contributed by atoms with van der Waals surface area (Å²) in [6.45, 7) is 4.10. The number of hydrogen-bond acceptors (Lipinski definition) is 3. The van der Waals surface area contributed by atoms with Crippen LogP contribution >= 0.6 is 0 Å². The van der Waals surface area contributed by atoms with Gasteiger partial charge >= 0.3 is 0 Å². The Bertz CT molecular complexity index is 729. The summed E-state index contributed by atoms with van der Waals surface area (Å²) >= 11 is 0. The molecule has 1 heterocycles. The molecule has 1 aromatic heterocycles. The standard InChI is InChI=1S/C20H28N4O2/c1-13(2)12-17(21-18(25)14-8-4-3-5-9-14)19(26)24-20-22-15-10-6-7-11-16(15)23-20/h6-7,10-11,13-14,17H,3-5,8-9,12H2,1-2H3,(H,21,25)(H2,22,23,24,26). The van der Waals surface area contributed by atoms with E-state index in [0.717, 1.165) is 36.7 Å². The zero-order chi connectivity index (χ0) is 18.5. The van der Waals surface area contributed by atoms with Gasteiger partial charge in [-0.15, -0.1) is 0 Å². The first-order chi connectivity index (χ1) is 12.5. The van der Waals surface area contributed by atoms with Crippen LogP contribution in [0.4, 0.5) is 5.95 Å². The summed E-state index contributed by atoms with van der Waals surface area (Å²) in [7, 11) is 0. The summed E-state index contributed by atoms with van der Waals surface area (Å²) in [6.07, 6.45) is 5.84. The highest BCUT2D eigenvalue weighted by Crippen LogP contribution is 2.24. The van der Waals surface area contributed by atoms with Gasteiger partial charge in [-0.2, -0.15) is 0 Å². The molecule has 6 heteroatoms. The summed E-state index contributed by atoms with van der Waals surface area (Å²) in [5.41, 5.74) is 1.67. The quantitative estimate of drug-likeness (QED) is 0.739. The monoisotopic (exact) mass is 356 g/mol. The van der Waals surface area contributed by atoms with Gasteiger partial charge in [0, 0.05) is 5.92 Å². The molecule has 1 aliphatic carbocycles. The Balaban J connectivity index is 1.67. The second-order valence-electron chi connectivity index (χ2n) is 7.62. The smallest absolute Gasteiger partial charge is 0.249 e. The molecule has 26 heavy (non-hydrogen) atoms. The van der Waals surface area contributed by atoms with E-state index in [1.807, 2.05) is 38.1 Å². The number of carbonyl (C=O) groups is 2. The van der Waals surface area contributed by atoms with Crippen molar-refractivity contribution in [2.75, 3.05) is 5.32 Å². The fourth-order valence-electron chi connectivity index (χ4n) is 3.57. The summed E-state index contributed by atoms with van der Waals surface area (Å²) in [4.78, 5) is 32.8. The molecule has 0 saturated heterocycles. The number of fused-ring (bicyclic) bond motifs is 1. The first-order valence-electron chi connectivity index (χ1n) is 9.59. The molecule has 1 aliphatic rings. The zero-order valence-corrected chi connectivity index (χ0v) is 15.5. The second kappa shape index (κ2) is 8.34. The zero-order valence-electron chi connectivity index (χ0n) is 15.5. The maximum Gasteiger partial charge on any atom is 0.249 e. The van der Waals surface area contributed by atoms with Crippen LogP contribution in [-0.4, -0.2) is 27.8 Å². The van der Waals surface area contributed by atoms with Gasteiger partial charge in [0.15, 0.2) is 0 Å². The van der Waals surface area contributed by atoms with E-state index in [-0.39, 0.29) is 17.7 Å². The first-order valence-corrected chi connectivity index (χ1v) is 9.59. The number of nitrogens with zero attached hydrogens (tertiary/aromatic N) is 1. The normalized spacial score (nSPS) is 16.6. The van der Waals surface area contributed by atoms with E-state index < -0.39 is 6.04 Å². The Kier molecular flexibility index (Phi) is 5.91. The van der Waals surface area contributed by atoms with Gasteiger partial charge < -0.3 is 10.3 Å². The lowest BCUT2D eigenvalue weighted by Gasteiger charge is -2.25. The Morgan fingerprint density at radius 3 is 2.62 bits per heavy atom. The van der Waals surface area contributed by atoms with Crippen LogP contribution in [0.1, 0.15) is 52.4 Å². The van der Waals surface area contributed by atoms with Gasteiger partial charge in [-0.1, -0.05) is 45.2 Å². The van der Waals surface area contributed by atoms with Crippen molar-refractivity contribution in [1.29, 1.82) is 0 Å². The Morgan fingerprint density at radius 1 is 1.19 bits per heavy atom. The number of benzene rings is 1. The highest BCUT2D eigenvalue weighted by atomic mass is 16.2. The van der Waals surface area contributed by atoms with Crippen molar-refractivity contribution in [3.05, 3.63) is 24.3 Å². The molecule has 2 amide bonds. The van der Waals surface area contributed by atoms with Crippen LogP contribution in [0.25, 0.3) is 11.0 Å². The van der Waals surface area contributed by atoms with Crippen LogP contribution in [0.5, 0.6) is 0 Å². The molecule has 2 aromatic rings. The number of nitrogens with one attached hydrogen (secondary N) is 3. The van der Waals surface area contributed by atoms with E-state index >= 15 is 0 Å². The topological polar surface area (TPSA) is 86.9 Å². The van der Waals surface area contributed by atoms with Crippen molar-refractivity contribution in [3.8, 4) is 0 Å². The van der Waals surface area contributed by atoms with Crippen molar-refractivity contribution < 1.29 is 9.59 Å². The fraction of sp³-hybridized carbons (Fsp3) is 0.550. The highest BCUT2D eigenvalue weighted by Gasteiger charge is 2.27. The summed E-state index contributed by atoms with van der Waals surface area (Å²) in [6, 6.07) is 7.07. The van der Waals surface area contributed by atoms with Gasteiger partial charge in [0.2, 0.25) is 17.8 Å². The second-order valence-corrected chi connectivity index (χ2v) is 7.62. The number of anilines is 1. The Labute approximate surface area is 154 Å². The minimum absolute atomic E-state index is 0.00936. The SMILES string of the molecule is CC(C)CC(NC(=O)C1CCCCC1)C(=O)Nc1nc2ccccc2[nH]1. The molecule has 0 bridgehead atoms. The summed E-state index contributed by atoms with van der Waals surface area (Å²) in [5, 5.41) is 5.80. The van der Waals surface area contributed by atoms with E-state index in [9.17, 15) is 9.59 Å². The van der Waals surface area contributed by atoms with E-state index in [4.69, 9.17) is 0 Å². The van der Waals surface area contributed by atoms with Gasteiger partial charge in [0.05, 0.1) is 11.0 Å². The number of amides is 2. The molecule has 140 valence electrons. The van der Waals surface area contributed by atoms with E-state index in [0.29, 0.717) is 18.3 Å². The van der Waals surface area contributed by atoms with E-state index in [1.54, 1.807) is 0 Å². The third-order valence-electron chi connectivity index (χ3n) is 4.95. The van der Waals surface area contributed by atoms with Gasteiger partial charge in [-0.25, -0.2) is 4.98 Å². The molecule has 6 nitrogen and oxygen atoms in total. The molecule has 1 saturated carbocycles. The molecule has 0 spiro atoms. The Morgan fingerprint density at radius 2 is 1.92 bits per heavy atom. The Hall–Kier alpha value is -2.37. The average molecular weight is 356 g/mol. The van der Waals surface area contributed by atoms with Crippen molar-refractivity contribution in [2.45, 2.75) is 58.4 Å². The van der Waals surface area contributed by atoms with Crippen molar-refractivity contribution in [3.63, 3.8) is 0 Å². The molecule has 1 aromatic carbocycles. The summed E-state index contributed by atoms with van der Waals surface area (Å²) < 4.78 is 0. The van der Waals surface area contributed by atoms with Crippen molar-refractivity contribution in [2.24, 2.45) is 11.8 Å². The van der Waals surface area contributed by atoms with Crippen LogP contribution in [0.2, 0.25) is 0 Å². The lowest BCUT2D eigenvalue weighted by atomic mass is 9.88. The van der Waals surface area contributed by atoms with Gasteiger partial charge in [0.25, 0.3) is 0 Å². The molecule has 3 N–H and O–H groups in total. The fourth-order valence-corrected chi connectivity index (χ4v) is 3.57. The molecule has 0 radical (unpaired) electrons. The predicted octanol–water partition coefficient (Wildman–Crippen LogP) is 3.61. The lowest BCUT2D eigenvalue weighted by Crippen LogP contribution is -2.47. The molecule has 1 fully saturated rings. The molecule has 1 unspecified atom stereocenters. The largest absolute Gasteiger partial charge is 0.344 e. The van der Waals surface area contributed by atoms with Crippen LogP contribution in [0.15, 0.2) is 24.3 Å². The minimum Gasteiger partial charge on any atom is -0.344 e. The number of imidazole rings is 1. The number of carbonyl (C=O) groups excluding carboxylic acids is 2. The van der Waals surface area contributed by atoms with Crippen molar-refractivity contribution >= 4 is 28.8 Å². The van der Waals surface area contributed by atoms with Gasteiger partial charge in [-0.3, -0.25) is 14.9 Å². The maximum atomic E-state index is 12.8. The average Bonchev–Trinajstić information content (AvgIpc) is 3.03. The summed E-state index contributed by atoms with van der Waals surface area (Å²) in [5.74, 6) is 0.541. The van der Waals surface area contributed by atoms with Gasteiger partial charge in [0.1, 0.15) is 6.04 Å². The number of H-pyrrole nitrogens is 1. The molecule has 0 aliphatic heterocycles. The number of para-hydroxylation sites is 2.